The van der Waals surface area contributed by atoms with Crippen molar-refractivity contribution < 1.29 is 14.3 Å². The molecule has 0 saturated carbocycles. The Hall–Kier alpha value is -2.98. The van der Waals surface area contributed by atoms with Crippen LogP contribution in [0.5, 0.6) is 11.5 Å². The number of methoxy groups -OCH3 is 2. The molecule has 1 aromatic carbocycles. The number of rotatable bonds is 8. The monoisotopic (exact) mass is 415 g/mol. The maximum atomic E-state index is 12.0. The number of nitrogens with zero attached hydrogens (tertiary/aromatic N) is 4. The normalized spacial score (nSPS) is 10.8. The molecule has 0 aliphatic rings. The third-order valence-electron chi connectivity index (χ3n) is 3.43. The Bertz CT molecular complexity index is 963. The predicted molar refractivity (Wildman–Crippen MR) is 109 cm³/mol. The molecule has 3 aromatic rings. The van der Waals surface area contributed by atoms with Gasteiger partial charge >= 0.3 is 0 Å². The number of ether oxygens (including phenoxy) is 2. The van der Waals surface area contributed by atoms with Crippen LogP contribution in [-0.4, -0.2) is 47.3 Å². The van der Waals surface area contributed by atoms with Gasteiger partial charge < -0.3 is 9.47 Å². The number of amides is 1. The minimum Gasteiger partial charge on any atom is -0.493 e. The van der Waals surface area contributed by atoms with Crippen molar-refractivity contribution in [3.05, 3.63) is 48.2 Å². The Balaban J connectivity index is 1.50. The summed E-state index contributed by atoms with van der Waals surface area (Å²) < 4.78 is 11.1. The first-order valence-corrected chi connectivity index (χ1v) is 9.91. The SMILES string of the molecule is COc1ccc(/C=N\NC(=O)CSc2nnc(-c3ccccn3)s2)cc1OC. The number of benzene rings is 1. The number of carbonyl (C=O) groups is 1. The standard InChI is InChI=1S/C18H17N5O3S2/c1-25-14-7-6-12(9-15(14)26-2)10-20-21-16(24)11-27-18-23-22-17(28-18)13-5-3-4-8-19-13/h3-10H,11H2,1-2H3,(H,21,24)/b20-10-. The lowest BCUT2D eigenvalue weighted by atomic mass is 10.2. The van der Waals surface area contributed by atoms with Gasteiger partial charge in [-0.1, -0.05) is 29.2 Å². The first-order chi connectivity index (χ1) is 13.7. The highest BCUT2D eigenvalue weighted by Gasteiger charge is 2.10. The number of nitrogens with one attached hydrogen (secondary N) is 1. The van der Waals surface area contributed by atoms with Crippen molar-refractivity contribution in [2.45, 2.75) is 4.34 Å². The highest BCUT2D eigenvalue weighted by atomic mass is 32.2. The van der Waals surface area contributed by atoms with Crippen LogP contribution in [-0.2, 0) is 4.79 Å². The fourth-order valence-corrected chi connectivity index (χ4v) is 3.75. The van der Waals surface area contributed by atoms with E-state index in [1.807, 2.05) is 24.3 Å². The molecule has 144 valence electrons. The van der Waals surface area contributed by atoms with E-state index in [9.17, 15) is 4.79 Å². The van der Waals surface area contributed by atoms with E-state index in [4.69, 9.17) is 9.47 Å². The summed E-state index contributed by atoms with van der Waals surface area (Å²) in [5.41, 5.74) is 4.02. The van der Waals surface area contributed by atoms with E-state index >= 15 is 0 Å². The largest absolute Gasteiger partial charge is 0.493 e. The Kier molecular flexibility index (Phi) is 6.93. The maximum Gasteiger partial charge on any atom is 0.250 e. The van der Waals surface area contributed by atoms with Crippen LogP contribution in [0.25, 0.3) is 10.7 Å². The van der Waals surface area contributed by atoms with Crippen LogP contribution in [0.4, 0.5) is 0 Å². The number of hydrazone groups is 1. The second-order valence-corrected chi connectivity index (χ2v) is 7.48. The van der Waals surface area contributed by atoms with Gasteiger partial charge in [-0.2, -0.15) is 5.10 Å². The lowest BCUT2D eigenvalue weighted by molar-refractivity contribution is -0.118. The topological polar surface area (TPSA) is 98.6 Å². The average molecular weight is 416 g/mol. The molecule has 2 heterocycles. The van der Waals surface area contributed by atoms with Gasteiger partial charge in [-0.05, 0) is 35.9 Å². The smallest absolute Gasteiger partial charge is 0.250 e. The summed E-state index contributed by atoms with van der Waals surface area (Å²) >= 11 is 2.69. The molecule has 0 aliphatic carbocycles. The van der Waals surface area contributed by atoms with Crippen molar-refractivity contribution >= 4 is 35.2 Å². The molecular weight excluding hydrogens is 398 g/mol. The number of pyridine rings is 1. The Labute approximate surface area is 170 Å². The molecule has 0 fully saturated rings. The molecule has 0 unspecified atom stereocenters. The molecule has 0 saturated heterocycles. The van der Waals surface area contributed by atoms with Crippen molar-refractivity contribution in [2.24, 2.45) is 5.10 Å². The van der Waals surface area contributed by atoms with Gasteiger partial charge in [0.2, 0.25) is 0 Å². The minimum atomic E-state index is -0.240. The summed E-state index contributed by atoms with van der Waals surface area (Å²) in [5, 5.41) is 12.9. The molecule has 0 atom stereocenters. The van der Waals surface area contributed by atoms with Crippen LogP contribution in [0.2, 0.25) is 0 Å². The zero-order valence-electron chi connectivity index (χ0n) is 15.2. The van der Waals surface area contributed by atoms with Crippen molar-refractivity contribution in [1.29, 1.82) is 0 Å². The number of hydrogen-bond acceptors (Lipinski definition) is 9. The molecule has 2 aromatic heterocycles. The van der Waals surface area contributed by atoms with E-state index in [2.05, 4.69) is 25.7 Å². The number of hydrogen-bond donors (Lipinski definition) is 1. The molecule has 28 heavy (non-hydrogen) atoms. The van der Waals surface area contributed by atoms with Gasteiger partial charge in [-0.3, -0.25) is 9.78 Å². The predicted octanol–water partition coefficient (Wildman–Crippen LogP) is 2.86. The molecule has 0 aliphatic heterocycles. The minimum absolute atomic E-state index is 0.181. The van der Waals surface area contributed by atoms with E-state index in [1.165, 1.54) is 29.3 Å². The summed E-state index contributed by atoms with van der Waals surface area (Å²) in [6.45, 7) is 0. The van der Waals surface area contributed by atoms with E-state index in [0.717, 1.165) is 16.3 Å². The summed E-state index contributed by atoms with van der Waals surface area (Å²) in [4.78, 5) is 16.2. The quantitative estimate of drug-likeness (QED) is 0.343. The molecule has 8 nitrogen and oxygen atoms in total. The Morgan fingerprint density at radius 1 is 1.21 bits per heavy atom. The molecule has 0 spiro atoms. The van der Waals surface area contributed by atoms with Gasteiger partial charge in [0.1, 0.15) is 5.69 Å². The van der Waals surface area contributed by atoms with Crippen LogP contribution in [0.3, 0.4) is 0 Å². The van der Waals surface area contributed by atoms with Crippen LogP contribution in [0, 0.1) is 0 Å². The van der Waals surface area contributed by atoms with Crippen molar-refractivity contribution in [3.63, 3.8) is 0 Å². The zero-order chi connectivity index (χ0) is 19.8. The molecule has 3 rings (SSSR count). The molecular formula is C18H17N5O3S2. The number of carbonyl (C=O) groups excluding carboxylic acids is 1. The van der Waals surface area contributed by atoms with E-state index < -0.39 is 0 Å². The Morgan fingerprint density at radius 3 is 2.82 bits per heavy atom. The number of thioether (sulfide) groups is 1. The molecule has 0 radical (unpaired) electrons. The van der Waals surface area contributed by atoms with Gasteiger partial charge in [0.05, 0.1) is 26.2 Å². The van der Waals surface area contributed by atoms with E-state index in [0.29, 0.717) is 15.8 Å². The third kappa shape index (κ3) is 5.27. The fraction of sp³-hybridized carbons (Fsp3) is 0.167. The first-order valence-electron chi connectivity index (χ1n) is 8.11. The van der Waals surface area contributed by atoms with Crippen LogP contribution in [0.15, 0.2) is 52.0 Å². The third-order valence-corrected chi connectivity index (χ3v) is 5.51. The van der Waals surface area contributed by atoms with Crippen LogP contribution in [0.1, 0.15) is 5.56 Å². The summed E-state index contributed by atoms with van der Waals surface area (Å²) in [6, 6.07) is 10.9. The fourth-order valence-electron chi connectivity index (χ4n) is 2.13. The van der Waals surface area contributed by atoms with Crippen LogP contribution >= 0.6 is 23.1 Å². The second kappa shape index (κ2) is 9.81. The molecule has 1 amide bonds. The van der Waals surface area contributed by atoms with E-state index in [-0.39, 0.29) is 11.7 Å². The summed E-state index contributed by atoms with van der Waals surface area (Å²) in [6.07, 6.45) is 3.24. The van der Waals surface area contributed by atoms with Crippen molar-refractivity contribution in [1.82, 2.24) is 20.6 Å². The van der Waals surface area contributed by atoms with Gasteiger partial charge in [0, 0.05) is 6.20 Å². The zero-order valence-corrected chi connectivity index (χ0v) is 16.8. The van der Waals surface area contributed by atoms with Crippen molar-refractivity contribution in [3.8, 4) is 22.2 Å². The summed E-state index contributed by atoms with van der Waals surface area (Å²) in [5.74, 6) is 1.16. The maximum absolute atomic E-state index is 12.0. The lowest BCUT2D eigenvalue weighted by Crippen LogP contribution is -2.19. The average Bonchev–Trinajstić information content (AvgIpc) is 3.22. The van der Waals surface area contributed by atoms with Gasteiger partial charge in [-0.15, -0.1) is 10.2 Å². The van der Waals surface area contributed by atoms with Crippen molar-refractivity contribution in [2.75, 3.05) is 20.0 Å². The van der Waals surface area contributed by atoms with Gasteiger partial charge in [0.15, 0.2) is 20.8 Å². The van der Waals surface area contributed by atoms with Gasteiger partial charge in [-0.25, -0.2) is 5.43 Å². The molecule has 1 N–H and O–H groups in total. The number of aromatic nitrogens is 3. The van der Waals surface area contributed by atoms with Gasteiger partial charge in [0.25, 0.3) is 5.91 Å². The second-order valence-electron chi connectivity index (χ2n) is 5.28. The summed E-state index contributed by atoms with van der Waals surface area (Å²) in [7, 11) is 3.13. The Morgan fingerprint density at radius 2 is 2.07 bits per heavy atom. The lowest BCUT2D eigenvalue weighted by Gasteiger charge is -2.07. The highest BCUT2D eigenvalue weighted by molar-refractivity contribution is 8.01. The highest BCUT2D eigenvalue weighted by Crippen LogP contribution is 2.28. The molecule has 10 heteroatoms. The first kappa shape index (κ1) is 19.8. The molecule has 0 bridgehead atoms. The van der Waals surface area contributed by atoms with Crippen LogP contribution < -0.4 is 14.9 Å². The van der Waals surface area contributed by atoms with E-state index in [1.54, 1.807) is 32.5 Å².